The van der Waals surface area contributed by atoms with E-state index in [9.17, 15) is 0 Å². The molecule has 0 bridgehead atoms. The summed E-state index contributed by atoms with van der Waals surface area (Å²) < 4.78 is 15.8. The second-order valence-corrected chi connectivity index (χ2v) is 4.33. The highest BCUT2D eigenvalue weighted by Gasteiger charge is 2.00. The fourth-order valence-electron chi connectivity index (χ4n) is 1.55. The third-order valence-electron chi connectivity index (χ3n) is 2.51. The lowest BCUT2D eigenvalue weighted by Crippen LogP contribution is -2.15. The predicted molar refractivity (Wildman–Crippen MR) is 76.8 cm³/mol. The highest BCUT2D eigenvalue weighted by molar-refractivity contribution is 5.08. The minimum Gasteiger partial charge on any atom is -0.474 e. The number of aromatic nitrogens is 2. The summed E-state index contributed by atoms with van der Waals surface area (Å²) in [5.41, 5.74) is 0.886. The number of methoxy groups -OCH3 is 1. The molecule has 114 valence electrons. The van der Waals surface area contributed by atoms with E-state index in [4.69, 9.17) is 14.2 Å². The van der Waals surface area contributed by atoms with Crippen LogP contribution in [0.1, 0.15) is 25.5 Å². The lowest BCUT2D eigenvalue weighted by atomic mass is 10.4. The molecule has 0 unspecified atom stereocenters. The van der Waals surface area contributed by atoms with Gasteiger partial charge in [0.1, 0.15) is 6.61 Å². The number of ether oxygens (including phenoxy) is 3. The van der Waals surface area contributed by atoms with E-state index in [1.165, 1.54) is 0 Å². The molecule has 0 fully saturated rings. The van der Waals surface area contributed by atoms with Crippen LogP contribution >= 0.6 is 0 Å². The van der Waals surface area contributed by atoms with E-state index in [-0.39, 0.29) is 0 Å². The van der Waals surface area contributed by atoms with Crippen LogP contribution in [-0.4, -0.2) is 50.1 Å². The first kappa shape index (κ1) is 16.8. The van der Waals surface area contributed by atoms with Gasteiger partial charge in [0, 0.05) is 33.1 Å². The predicted octanol–water partition coefficient (Wildman–Crippen LogP) is 1.41. The second-order valence-electron chi connectivity index (χ2n) is 4.33. The van der Waals surface area contributed by atoms with Gasteiger partial charge in [0.05, 0.1) is 18.5 Å². The van der Waals surface area contributed by atoms with Crippen molar-refractivity contribution in [3.05, 3.63) is 18.1 Å². The average molecular weight is 283 g/mol. The fourth-order valence-corrected chi connectivity index (χ4v) is 1.55. The Morgan fingerprint density at radius 1 is 1.15 bits per heavy atom. The van der Waals surface area contributed by atoms with Crippen molar-refractivity contribution in [2.45, 2.75) is 26.3 Å². The summed E-state index contributed by atoms with van der Waals surface area (Å²) in [6.45, 7) is 6.25. The maximum Gasteiger partial charge on any atom is 0.232 e. The zero-order valence-corrected chi connectivity index (χ0v) is 12.4. The zero-order chi connectivity index (χ0) is 14.5. The lowest BCUT2D eigenvalue weighted by Gasteiger charge is -2.07. The molecular formula is C14H25N3O3. The van der Waals surface area contributed by atoms with E-state index in [1.54, 1.807) is 19.5 Å². The van der Waals surface area contributed by atoms with E-state index in [0.717, 1.165) is 31.7 Å². The van der Waals surface area contributed by atoms with E-state index in [2.05, 4.69) is 22.2 Å². The van der Waals surface area contributed by atoms with Gasteiger partial charge >= 0.3 is 0 Å². The minimum absolute atomic E-state index is 0.480. The van der Waals surface area contributed by atoms with Gasteiger partial charge in [-0.25, -0.2) is 4.98 Å². The molecule has 0 amide bonds. The first-order valence-electron chi connectivity index (χ1n) is 7.08. The first-order chi connectivity index (χ1) is 9.86. The molecule has 1 rings (SSSR count). The molecular weight excluding hydrogens is 258 g/mol. The Balaban J connectivity index is 2.14. The molecule has 0 saturated heterocycles. The Kier molecular flexibility index (Phi) is 9.73. The van der Waals surface area contributed by atoms with Gasteiger partial charge in [0.25, 0.3) is 0 Å². The second kappa shape index (κ2) is 11.6. The molecule has 0 radical (unpaired) electrons. The molecule has 0 aromatic carbocycles. The molecule has 0 atom stereocenters. The zero-order valence-electron chi connectivity index (χ0n) is 12.4. The lowest BCUT2D eigenvalue weighted by molar-refractivity contribution is 0.0794. The summed E-state index contributed by atoms with van der Waals surface area (Å²) in [5.74, 6) is 0.543. The number of nitrogens with zero attached hydrogens (tertiary/aromatic N) is 2. The Hall–Kier alpha value is -1.24. The summed E-state index contributed by atoms with van der Waals surface area (Å²) in [7, 11) is 1.68. The third kappa shape index (κ3) is 8.04. The van der Waals surface area contributed by atoms with Crippen LogP contribution in [0.5, 0.6) is 5.88 Å². The molecule has 6 nitrogen and oxygen atoms in total. The van der Waals surface area contributed by atoms with Crippen LogP contribution in [-0.2, 0) is 16.0 Å². The molecule has 1 aromatic rings. The molecule has 0 aliphatic rings. The normalized spacial score (nSPS) is 10.7. The van der Waals surface area contributed by atoms with Gasteiger partial charge in [-0.15, -0.1) is 0 Å². The van der Waals surface area contributed by atoms with Crippen LogP contribution in [0, 0.1) is 0 Å². The number of hydrogen-bond acceptors (Lipinski definition) is 6. The Bertz CT molecular complexity index is 350. The SMILES string of the molecule is CCCNCc1cncc(OCCOCCCOC)n1. The Morgan fingerprint density at radius 2 is 2.05 bits per heavy atom. The summed E-state index contributed by atoms with van der Waals surface area (Å²) in [5, 5.41) is 3.28. The fraction of sp³-hybridized carbons (Fsp3) is 0.714. The maximum absolute atomic E-state index is 5.50. The molecule has 0 spiro atoms. The summed E-state index contributed by atoms with van der Waals surface area (Å²) in [6, 6.07) is 0. The smallest absolute Gasteiger partial charge is 0.232 e. The van der Waals surface area contributed by atoms with Crippen LogP contribution in [0.15, 0.2) is 12.4 Å². The number of hydrogen-bond donors (Lipinski definition) is 1. The molecule has 0 saturated carbocycles. The minimum atomic E-state index is 0.480. The van der Waals surface area contributed by atoms with Gasteiger partial charge in [-0.2, -0.15) is 0 Å². The molecule has 0 aliphatic carbocycles. The molecule has 20 heavy (non-hydrogen) atoms. The number of rotatable bonds is 12. The topological polar surface area (TPSA) is 65.5 Å². The highest BCUT2D eigenvalue weighted by Crippen LogP contribution is 2.04. The van der Waals surface area contributed by atoms with Crippen molar-refractivity contribution in [1.82, 2.24) is 15.3 Å². The van der Waals surface area contributed by atoms with Gasteiger partial charge in [0.2, 0.25) is 5.88 Å². The Labute approximate surface area is 120 Å². The van der Waals surface area contributed by atoms with Crippen molar-refractivity contribution in [1.29, 1.82) is 0 Å². The van der Waals surface area contributed by atoms with Gasteiger partial charge < -0.3 is 19.5 Å². The van der Waals surface area contributed by atoms with Crippen LogP contribution in [0.2, 0.25) is 0 Å². The van der Waals surface area contributed by atoms with Crippen molar-refractivity contribution in [2.75, 3.05) is 40.1 Å². The van der Waals surface area contributed by atoms with Crippen LogP contribution in [0.3, 0.4) is 0 Å². The van der Waals surface area contributed by atoms with Gasteiger partial charge in [-0.05, 0) is 19.4 Å². The van der Waals surface area contributed by atoms with Crippen molar-refractivity contribution >= 4 is 0 Å². The summed E-state index contributed by atoms with van der Waals surface area (Å²) in [6.07, 6.45) is 5.37. The largest absolute Gasteiger partial charge is 0.474 e. The van der Waals surface area contributed by atoms with Gasteiger partial charge in [-0.1, -0.05) is 6.92 Å². The maximum atomic E-state index is 5.50. The van der Waals surface area contributed by atoms with Crippen molar-refractivity contribution in [3.63, 3.8) is 0 Å². The van der Waals surface area contributed by atoms with Crippen molar-refractivity contribution in [3.8, 4) is 5.88 Å². The summed E-state index contributed by atoms with van der Waals surface area (Å²) >= 11 is 0. The van der Waals surface area contributed by atoms with Crippen molar-refractivity contribution < 1.29 is 14.2 Å². The highest BCUT2D eigenvalue weighted by atomic mass is 16.5. The molecule has 1 heterocycles. The molecule has 6 heteroatoms. The quantitative estimate of drug-likeness (QED) is 0.585. The van der Waals surface area contributed by atoms with Gasteiger partial charge in [-0.3, -0.25) is 4.98 Å². The molecule has 1 N–H and O–H groups in total. The summed E-state index contributed by atoms with van der Waals surface area (Å²) in [4.78, 5) is 8.49. The van der Waals surface area contributed by atoms with E-state index in [1.807, 2.05) is 0 Å². The molecule has 0 aliphatic heterocycles. The van der Waals surface area contributed by atoms with Crippen molar-refractivity contribution in [2.24, 2.45) is 0 Å². The monoisotopic (exact) mass is 283 g/mol. The number of nitrogens with one attached hydrogen (secondary N) is 1. The van der Waals surface area contributed by atoms with Crippen LogP contribution in [0.25, 0.3) is 0 Å². The van der Waals surface area contributed by atoms with Crippen LogP contribution < -0.4 is 10.1 Å². The van der Waals surface area contributed by atoms with E-state index in [0.29, 0.717) is 32.2 Å². The average Bonchev–Trinajstić information content (AvgIpc) is 2.47. The third-order valence-corrected chi connectivity index (χ3v) is 2.51. The first-order valence-corrected chi connectivity index (χ1v) is 7.08. The Morgan fingerprint density at radius 3 is 2.85 bits per heavy atom. The standard InChI is InChI=1S/C14H25N3O3/c1-3-5-15-10-13-11-16-12-14(17-13)20-9-8-19-7-4-6-18-2/h11-12,15H,3-10H2,1-2H3. The molecule has 1 aromatic heterocycles. The van der Waals surface area contributed by atoms with E-state index < -0.39 is 0 Å². The van der Waals surface area contributed by atoms with Gasteiger partial charge in [0.15, 0.2) is 0 Å². The van der Waals surface area contributed by atoms with Crippen LogP contribution in [0.4, 0.5) is 0 Å². The van der Waals surface area contributed by atoms with E-state index >= 15 is 0 Å².